The number of aliphatic hydroxyl groups excluding tert-OH is 1. The summed E-state index contributed by atoms with van der Waals surface area (Å²) in [6.07, 6.45) is 5.73. The Kier molecular flexibility index (Phi) is 6.99. The summed E-state index contributed by atoms with van der Waals surface area (Å²) >= 11 is 0. The predicted molar refractivity (Wildman–Crippen MR) is 119 cm³/mol. The largest absolute Gasteiger partial charge is 0.395 e. The van der Waals surface area contributed by atoms with Gasteiger partial charge in [-0.3, -0.25) is 19.2 Å². The average molecular weight is 427 g/mol. The number of aromatic nitrogens is 3. The van der Waals surface area contributed by atoms with E-state index in [4.69, 9.17) is 10.1 Å². The van der Waals surface area contributed by atoms with Crippen molar-refractivity contribution in [1.82, 2.24) is 29.2 Å². The van der Waals surface area contributed by atoms with Gasteiger partial charge in [-0.1, -0.05) is 19.9 Å². The second kappa shape index (κ2) is 9.89. The van der Waals surface area contributed by atoms with Crippen molar-refractivity contribution in [2.75, 3.05) is 52.4 Å². The Hall–Kier alpha value is -2.29. The van der Waals surface area contributed by atoms with Gasteiger partial charge in [0, 0.05) is 57.6 Å². The molecule has 8 nitrogen and oxygen atoms in total. The Bertz CT molecular complexity index is 874. The molecule has 0 radical (unpaired) electrons. The average Bonchev–Trinajstić information content (AvgIpc) is 3.45. The fourth-order valence-electron chi connectivity index (χ4n) is 4.66. The van der Waals surface area contributed by atoms with Crippen LogP contribution in [0.5, 0.6) is 0 Å². The van der Waals surface area contributed by atoms with Crippen molar-refractivity contribution in [3.05, 3.63) is 42.1 Å². The predicted octanol–water partition coefficient (Wildman–Crippen LogP) is 1.66. The summed E-state index contributed by atoms with van der Waals surface area (Å²) < 4.78 is 2.04. The van der Waals surface area contributed by atoms with Crippen LogP contribution in [0, 0.1) is 0 Å². The first-order valence-corrected chi connectivity index (χ1v) is 11.4. The summed E-state index contributed by atoms with van der Waals surface area (Å²) in [5.74, 6) is 2.35. The van der Waals surface area contributed by atoms with E-state index in [1.165, 1.54) is 0 Å². The van der Waals surface area contributed by atoms with Crippen LogP contribution in [0.25, 0.3) is 5.82 Å². The van der Waals surface area contributed by atoms with Crippen LogP contribution in [0.3, 0.4) is 0 Å². The maximum atomic E-state index is 13.1. The molecule has 0 saturated carbocycles. The lowest BCUT2D eigenvalue weighted by Gasteiger charge is -2.35. The zero-order chi connectivity index (χ0) is 21.8. The van der Waals surface area contributed by atoms with Crippen LogP contribution in [0.1, 0.15) is 50.2 Å². The van der Waals surface area contributed by atoms with Gasteiger partial charge in [0.05, 0.1) is 24.9 Å². The Balaban J connectivity index is 1.44. The maximum absolute atomic E-state index is 13.1. The molecule has 1 amide bonds. The van der Waals surface area contributed by atoms with E-state index < -0.39 is 0 Å². The van der Waals surface area contributed by atoms with Crippen molar-refractivity contribution in [2.24, 2.45) is 0 Å². The molecule has 0 spiro atoms. The lowest BCUT2D eigenvalue weighted by molar-refractivity contribution is -0.133. The third-order valence-electron chi connectivity index (χ3n) is 6.34. The minimum atomic E-state index is 0.0362. The SMILES string of the molecule is CC(C)c1nccn1-c1cccc([C@@H]2CCCN2C(=O)CN2CCN(CCO)CC2)n1. The number of hydrogen-bond acceptors (Lipinski definition) is 6. The molecule has 31 heavy (non-hydrogen) atoms. The van der Waals surface area contributed by atoms with Gasteiger partial charge in [-0.2, -0.15) is 0 Å². The number of β-amino-alcohol motifs (C(OH)–C–C–N with tert-alkyl or cyclic N) is 1. The van der Waals surface area contributed by atoms with E-state index in [0.29, 0.717) is 19.0 Å². The molecule has 2 aromatic heterocycles. The van der Waals surface area contributed by atoms with Gasteiger partial charge in [0.25, 0.3) is 0 Å². The summed E-state index contributed by atoms with van der Waals surface area (Å²) in [5, 5.41) is 9.11. The number of piperazine rings is 1. The molecule has 0 bridgehead atoms. The molecule has 2 aliphatic heterocycles. The molecule has 1 atom stereocenters. The normalized spacial score (nSPS) is 20.6. The van der Waals surface area contributed by atoms with E-state index in [9.17, 15) is 4.79 Å². The molecule has 8 heteroatoms. The summed E-state index contributed by atoms with van der Waals surface area (Å²) in [6, 6.07) is 6.11. The Morgan fingerprint density at radius 1 is 1.16 bits per heavy atom. The van der Waals surface area contributed by atoms with Gasteiger partial charge >= 0.3 is 0 Å². The molecule has 2 saturated heterocycles. The lowest BCUT2D eigenvalue weighted by Crippen LogP contribution is -2.50. The monoisotopic (exact) mass is 426 g/mol. The molecule has 1 N–H and O–H groups in total. The highest BCUT2D eigenvalue weighted by Gasteiger charge is 2.32. The van der Waals surface area contributed by atoms with Crippen molar-refractivity contribution < 1.29 is 9.90 Å². The zero-order valence-corrected chi connectivity index (χ0v) is 18.7. The second-order valence-corrected chi connectivity index (χ2v) is 8.82. The van der Waals surface area contributed by atoms with Gasteiger partial charge in [0.15, 0.2) is 0 Å². The highest BCUT2D eigenvalue weighted by Crippen LogP contribution is 2.31. The van der Waals surface area contributed by atoms with E-state index in [2.05, 4.69) is 28.6 Å². The van der Waals surface area contributed by atoms with Gasteiger partial charge in [-0.05, 0) is 25.0 Å². The van der Waals surface area contributed by atoms with Gasteiger partial charge in [0.2, 0.25) is 5.91 Å². The number of imidazole rings is 1. The molecule has 2 fully saturated rings. The quantitative estimate of drug-likeness (QED) is 0.726. The van der Waals surface area contributed by atoms with Crippen LogP contribution < -0.4 is 0 Å². The van der Waals surface area contributed by atoms with Crippen LogP contribution in [0.2, 0.25) is 0 Å². The van der Waals surface area contributed by atoms with E-state index >= 15 is 0 Å². The van der Waals surface area contributed by atoms with Crippen LogP contribution in [0.4, 0.5) is 0 Å². The smallest absolute Gasteiger partial charge is 0.237 e. The molecule has 0 aromatic carbocycles. The molecule has 2 aliphatic rings. The summed E-state index contributed by atoms with van der Waals surface area (Å²) in [7, 11) is 0. The maximum Gasteiger partial charge on any atom is 0.237 e. The van der Waals surface area contributed by atoms with Crippen molar-refractivity contribution >= 4 is 5.91 Å². The molecular formula is C23H34N6O2. The van der Waals surface area contributed by atoms with Gasteiger partial charge in [-0.25, -0.2) is 9.97 Å². The van der Waals surface area contributed by atoms with Crippen molar-refractivity contribution in [1.29, 1.82) is 0 Å². The molecule has 4 rings (SSSR count). The Morgan fingerprint density at radius 2 is 1.94 bits per heavy atom. The highest BCUT2D eigenvalue weighted by molar-refractivity contribution is 5.79. The number of nitrogens with zero attached hydrogens (tertiary/aromatic N) is 6. The van der Waals surface area contributed by atoms with Crippen molar-refractivity contribution in [3.63, 3.8) is 0 Å². The van der Waals surface area contributed by atoms with E-state index in [1.54, 1.807) is 0 Å². The number of amides is 1. The number of rotatable bonds is 7. The number of aliphatic hydroxyl groups is 1. The van der Waals surface area contributed by atoms with Crippen LogP contribution in [0.15, 0.2) is 30.6 Å². The van der Waals surface area contributed by atoms with E-state index in [-0.39, 0.29) is 18.6 Å². The van der Waals surface area contributed by atoms with Gasteiger partial charge in [0.1, 0.15) is 11.6 Å². The first-order chi connectivity index (χ1) is 15.1. The lowest BCUT2D eigenvalue weighted by atomic mass is 10.1. The molecule has 4 heterocycles. The van der Waals surface area contributed by atoms with E-state index in [1.807, 2.05) is 40.1 Å². The number of carbonyl (C=O) groups excluding carboxylic acids is 1. The van der Waals surface area contributed by atoms with Crippen LogP contribution >= 0.6 is 0 Å². The zero-order valence-electron chi connectivity index (χ0n) is 18.7. The molecule has 0 aliphatic carbocycles. The fourth-order valence-corrected chi connectivity index (χ4v) is 4.66. The van der Waals surface area contributed by atoms with Crippen molar-refractivity contribution in [3.8, 4) is 5.82 Å². The van der Waals surface area contributed by atoms with Crippen molar-refractivity contribution in [2.45, 2.75) is 38.6 Å². The summed E-state index contributed by atoms with van der Waals surface area (Å²) in [5.41, 5.74) is 0.958. The minimum absolute atomic E-state index is 0.0362. The minimum Gasteiger partial charge on any atom is -0.395 e. The third kappa shape index (κ3) is 4.97. The Morgan fingerprint density at radius 3 is 2.68 bits per heavy atom. The standard InChI is InChI=1S/C23H34N6O2/c1-18(2)23-24-8-10-29(23)21-7-3-5-19(25-21)20-6-4-9-28(20)22(31)17-27-13-11-26(12-14-27)15-16-30/h3,5,7-8,10,18,20,30H,4,6,9,11-17H2,1-2H3/t20-/m0/s1. The Labute approximate surface area is 184 Å². The topological polar surface area (TPSA) is 77.7 Å². The first kappa shape index (κ1) is 21.9. The van der Waals surface area contributed by atoms with Gasteiger partial charge < -0.3 is 10.0 Å². The molecule has 2 aromatic rings. The number of pyridine rings is 1. The first-order valence-electron chi connectivity index (χ1n) is 11.4. The van der Waals surface area contributed by atoms with Crippen LogP contribution in [-0.4, -0.2) is 92.7 Å². The molecule has 0 unspecified atom stereocenters. The number of carbonyl (C=O) groups is 1. The number of likely N-dealkylation sites (tertiary alicyclic amines) is 1. The third-order valence-corrected chi connectivity index (χ3v) is 6.34. The summed E-state index contributed by atoms with van der Waals surface area (Å²) in [6.45, 7) is 9.98. The summed E-state index contributed by atoms with van der Waals surface area (Å²) in [4.78, 5) is 29.1. The second-order valence-electron chi connectivity index (χ2n) is 8.82. The molecular weight excluding hydrogens is 392 g/mol. The van der Waals surface area contributed by atoms with E-state index in [0.717, 1.165) is 62.9 Å². The fraction of sp³-hybridized carbons (Fsp3) is 0.609. The van der Waals surface area contributed by atoms with Crippen LogP contribution in [-0.2, 0) is 4.79 Å². The number of hydrogen-bond donors (Lipinski definition) is 1. The molecule has 168 valence electrons. The highest BCUT2D eigenvalue weighted by atomic mass is 16.3. The van der Waals surface area contributed by atoms with Gasteiger partial charge in [-0.15, -0.1) is 0 Å².